The van der Waals surface area contributed by atoms with Crippen molar-refractivity contribution in [3.8, 4) is 0 Å². The van der Waals surface area contributed by atoms with Crippen LogP contribution in [-0.2, 0) is 19.4 Å². The van der Waals surface area contributed by atoms with Crippen LogP contribution in [0.4, 0.5) is 0 Å². The van der Waals surface area contributed by atoms with Crippen LogP contribution in [0.2, 0.25) is 0 Å². The molecule has 1 aliphatic carbocycles. The highest BCUT2D eigenvalue weighted by atomic mass is 16.5. The fourth-order valence-corrected chi connectivity index (χ4v) is 4.16. The molecule has 1 saturated heterocycles. The highest BCUT2D eigenvalue weighted by molar-refractivity contribution is 5.43. The van der Waals surface area contributed by atoms with E-state index in [0.29, 0.717) is 17.7 Å². The molecule has 0 spiro atoms. The van der Waals surface area contributed by atoms with Gasteiger partial charge in [-0.15, -0.1) is 10.2 Å². The molecule has 0 unspecified atom stereocenters. The van der Waals surface area contributed by atoms with Crippen LogP contribution in [0.25, 0.3) is 5.65 Å². The molecule has 0 bridgehead atoms. The lowest BCUT2D eigenvalue weighted by molar-refractivity contribution is 0.178. The Morgan fingerprint density at radius 3 is 2.81 bits per heavy atom. The Morgan fingerprint density at radius 2 is 2.04 bits per heavy atom. The minimum atomic E-state index is 0.295. The average molecular weight is 367 g/mol. The topological polar surface area (TPSA) is 85.2 Å². The van der Waals surface area contributed by atoms with Gasteiger partial charge in [-0.05, 0) is 56.8 Å². The zero-order chi connectivity index (χ0) is 18.4. The largest absolute Gasteiger partial charge is 0.338 e. The van der Waals surface area contributed by atoms with Gasteiger partial charge in [0.05, 0.1) is 12.2 Å². The third-order valence-electron chi connectivity index (χ3n) is 5.76. The Labute approximate surface area is 158 Å². The third-order valence-corrected chi connectivity index (χ3v) is 5.76. The van der Waals surface area contributed by atoms with Crippen LogP contribution in [0.5, 0.6) is 0 Å². The second kappa shape index (κ2) is 6.67. The second-order valence-electron chi connectivity index (χ2n) is 8.05. The van der Waals surface area contributed by atoms with E-state index in [-0.39, 0.29) is 0 Å². The number of aromatic nitrogens is 6. The molecule has 0 amide bonds. The van der Waals surface area contributed by atoms with Gasteiger partial charge >= 0.3 is 0 Å². The smallest absolute Gasteiger partial charge is 0.240 e. The van der Waals surface area contributed by atoms with Crippen LogP contribution in [0.1, 0.15) is 73.7 Å². The molecule has 142 valence electrons. The lowest BCUT2D eigenvalue weighted by Gasteiger charge is -2.29. The van der Waals surface area contributed by atoms with Crippen molar-refractivity contribution in [1.82, 2.24) is 34.9 Å². The van der Waals surface area contributed by atoms with Gasteiger partial charge in [-0.3, -0.25) is 4.90 Å². The van der Waals surface area contributed by atoms with Crippen molar-refractivity contribution in [3.63, 3.8) is 0 Å². The highest BCUT2D eigenvalue weighted by Crippen LogP contribution is 2.29. The SMILES string of the molecule is CC(C)c1noc(CN2CCC(c3nnc4cc5c(nn34)CCC5)CC2)n1. The molecule has 1 fully saturated rings. The van der Waals surface area contributed by atoms with Crippen LogP contribution in [0, 0.1) is 0 Å². The number of rotatable bonds is 4. The molecule has 5 rings (SSSR count). The minimum absolute atomic E-state index is 0.295. The summed E-state index contributed by atoms with van der Waals surface area (Å²) < 4.78 is 7.37. The average Bonchev–Trinajstić information content (AvgIpc) is 3.39. The van der Waals surface area contributed by atoms with E-state index < -0.39 is 0 Å². The number of nitrogens with zero attached hydrogens (tertiary/aromatic N) is 7. The van der Waals surface area contributed by atoms with Gasteiger partial charge in [-0.2, -0.15) is 14.6 Å². The molecule has 8 nitrogen and oxygen atoms in total. The van der Waals surface area contributed by atoms with E-state index >= 15 is 0 Å². The van der Waals surface area contributed by atoms with E-state index in [0.717, 1.165) is 62.6 Å². The van der Waals surface area contributed by atoms with E-state index in [1.807, 2.05) is 4.52 Å². The van der Waals surface area contributed by atoms with Crippen molar-refractivity contribution >= 4 is 5.65 Å². The molecule has 0 aromatic carbocycles. The van der Waals surface area contributed by atoms with Crippen LogP contribution >= 0.6 is 0 Å². The summed E-state index contributed by atoms with van der Waals surface area (Å²) in [7, 11) is 0. The van der Waals surface area contributed by atoms with E-state index in [9.17, 15) is 0 Å². The van der Waals surface area contributed by atoms with Gasteiger partial charge in [0.25, 0.3) is 0 Å². The van der Waals surface area contributed by atoms with Crippen LogP contribution in [0.3, 0.4) is 0 Å². The molecular weight excluding hydrogens is 342 g/mol. The summed E-state index contributed by atoms with van der Waals surface area (Å²) in [6.45, 7) is 6.85. The zero-order valence-electron chi connectivity index (χ0n) is 15.9. The molecule has 2 aliphatic rings. The van der Waals surface area contributed by atoms with Crippen molar-refractivity contribution in [2.45, 2.75) is 64.3 Å². The maximum absolute atomic E-state index is 5.39. The maximum atomic E-state index is 5.39. The fraction of sp³-hybridized carbons (Fsp3) is 0.632. The van der Waals surface area contributed by atoms with Gasteiger partial charge < -0.3 is 4.52 Å². The molecule has 0 N–H and O–H groups in total. The Bertz CT molecular complexity index is 952. The molecule has 0 radical (unpaired) electrons. The van der Waals surface area contributed by atoms with Crippen LogP contribution < -0.4 is 0 Å². The summed E-state index contributed by atoms with van der Waals surface area (Å²) in [6, 6.07) is 2.17. The molecule has 0 saturated carbocycles. The predicted molar refractivity (Wildman–Crippen MR) is 98.4 cm³/mol. The minimum Gasteiger partial charge on any atom is -0.338 e. The van der Waals surface area contributed by atoms with Crippen LogP contribution in [-0.4, -0.2) is 47.9 Å². The summed E-state index contributed by atoms with van der Waals surface area (Å²) in [6.07, 6.45) is 5.48. The highest BCUT2D eigenvalue weighted by Gasteiger charge is 2.27. The molecule has 0 atom stereocenters. The maximum Gasteiger partial charge on any atom is 0.240 e. The fourth-order valence-electron chi connectivity index (χ4n) is 4.16. The van der Waals surface area contributed by atoms with Gasteiger partial charge in [0, 0.05) is 11.8 Å². The zero-order valence-corrected chi connectivity index (χ0v) is 15.9. The number of piperidine rings is 1. The van der Waals surface area contributed by atoms with Crippen molar-refractivity contribution in [2.75, 3.05) is 13.1 Å². The van der Waals surface area contributed by atoms with Crippen molar-refractivity contribution in [3.05, 3.63) is 34.9 Å². The van der Waals surface area contributed by atoms with E-state index in [4.69, 9.17) is 9.62 Å². The molecule has 4 heterocycles. The van der Waals surface area contributed by atoms with Gasteiger partial charge in [0.1, 0.15) is 0 Å². The van der Waals surface area contributed by atoms with E-state index in [1.165, 1.54) is 17.7 Å². The first-order valence-corrected chi connectivity index (χ1v) is 9.96. The standard InChI is InChI=1S/C19H25N7O/c1-12(2)18-20-17(27-24-18)11-25-8-6-13(7-9-25)19-22-21-16-10-14-4-3-5-15(14)23-26(16)19/h10,12-13H,3-9,11H2,1-2H3. The predicted octanol–water partition coefficient (Wildman–Crippen LogP) is 2.50. The number of likely N-dealkylation sites (tertiary alicyclic amines) is 1. The summed E-state index contributed by atoms with van der Waals surface area (Å²) in [5.41, 5.74) is 3.45. The molecule has 27 heavy (non-hydrogen) atoms. The van der Waals surface area contributed by atoms with Gasteiger partial charge in [-0.25, -0.2) is 0 Å². The van der Waals surface area contributed by atoms with Gasteiger partial charge in [0.15, 0.2) is 17.3 Å². The number of fused-ring (bicyclic) bond motifs is 2. The number of hydrogen-bond acceptors (Lipinski definition) is 7. The first-order chi connectivity index (χ1) is 13.2. The van der Waals surface area contributed by atoms with Gasteiger partial charge in [-0.1, -0.05) is 19.0 Å². The first kappa shape index (κ1) is 16.8. The summed E-state index contributed by atoms with van der Waals surface area (Å²) in [5.74, 6) is 3.20. The van der Waals surface area contributed by atoms with Crippen LogP contribution in [0.15, 0.2) is 10.6 Å². The van der Waals surface area contributed by atoms with Crippen molar-refractivity contribution < 1.29 is 4.52 Å². The summed E-state index contributed by atoms with van der Waals surface area (Å²) in [5, 5.41) is 17.8. The molecule has 3 aromatic rings. The van der Waals surface area contributed by atoms with Gasteiger partial charge in [0.2, 0.25) is 5.89 Å². The Hall–Kier alpha value is -2.35. The summed E-state index contributed by atoms with van der Waals surface area (Å²) >= 11 is 0. The molecule has 1 aliphatic heterocycles. The second-order valence-corrected chi connectivity index (χ2v) is 8.05. The monoisotopic (exact) mass is 367 g/mol. The van der Waals surface area contributed by atoms with E-state index in [1.54, 1.807) is 0 Å². The quantitative estimate of drug-likeness (QED) is 0.700. The number of aryl methyl sites for hydroxylation is 2. The number of hydrogen-bond donors (Lipinski definition) is 0. The normalized spacial score (nSPS) is 18.6. The summed E-state index contributed by atoms with van der Waals surface area (Å²) in [4.78, 5) is 6.87. The molecule has 3 aromatic heterocycles. The first-order valence-electron chi connectivity index (χ1n) is 9.96. The lowest BCUT2D eigenvalue weighted by atomic mass is 9.96. The Kier molecular flexibility index (Phi) is 4.15. The lowest BCUT2D eigenvalue weighted by Crippen LogP contribution is -2.33. The Morgan fingerprint density at radius 1 is 1.19 bits per heavy atom. The van der Waals surface area contributed by atoms with Crippen molar-refractivity contribution in [1.29, 1.82) is 0 Å². The Balaban J connectivity index is 1.27. The molecular formula is C19H25N7O. The van der Waals surface area contributed by atoms with Crippen molar-refractivity contribution in [2.24, 2.45) is 0 Å². The van der Waals surface area contributed by atoms with E-state index in [2.05, 4.69) is 45.2 Å². The molecule has 8 heteroatoms. The third kappa shape index (κ3) is 3.12.